The summed E-state index contributed by atoms with van der Waals surface area (Å²) in [5, 5.41) is 10.2. The van der Waals surface area contributed by atoms with Gasteiger partial charge in [0.05, 0.1) is 6.04 Å². The molecule has 1 saturated carbocycles. The number of anilines is 1. The lowest BCUT2D eigenvalue weighted by atomic mass is 10.1. The number of halogens is 1. The number of aromatic nitrogens is 5. The monoisotopic (exact) mass is 411 g/mol. The molecule has 0 radical (unpaired) electrons. The Morgan fingerprint density at radius 1 is 1.17 bits per heavy atom. The second-order valence-corrected chi connectivity index (χ2v) is 7.20. The highest BCUT2D eigenvalue weighted by Crippen LogP contribution is 2.30. The van der Waals surface area contributed by atoms with E-state index in [-0.39, 0.29) is 17.7 Å². The van der Waals surface area contributed by atoms with Crippen molar-refractivity contribution in [2.45, 2.75) is 25.8 Å². The Hall–Kier alpha value is -3.33. The third kappa shape index (κ3) is 4.40. The Labute approximate surface area is 171 Å². The molecule has 1 atom stereocenters. The van der Waals surface area contributed by atoms with Crippen molar-refractivity contribution in [3.8, 4) is 5.95 Å². The number of nitrogens with one attached hydrogen (secondary N) is 2. The second-order valence-electron chi connectivity index (χ2n) is 6.77. The van der Waals surface area contributed by atoms with E-state index in [0.29, 0.717) is 28.0 Å². The maximum Gasteiger partial charge on any atom is 0.252 e. The Balaban J connectivity index is 1.50. The zero-order valence-corrected chi connectivity index (χ0v) is 16.3. The first-order chi connectivity index (χ1) is 14.0. The average molecular weight is 412 g/mol. The minimum absolute atomic E-state index is 0.0528. The average Bonchev–Trinajstić information content (AvgIpc) is 3.44. The van der Waals surface area contributed by atoms with Gasteiger partial charge in [0.2, 0.25) is 5.91 Å². The molecule has 4 rings (SSSR count). The van der Waals surface area contributed by atoms with E-state index in [2.05, 4.69) is 30.7 Å². The first kappa shape index (κ1) is 19.0. The predicted octanol–water partition coefficient (Wildman–Crippen LogP) is 2.55. The van der Waals surface area contributed by atoms with Crippen LogP contribution < -0.4 is 10.6 Å². The van der Waals surface area contributed by atoms with E-state index in [1.165, 1.54) is 11.0 Å². The van der Waals surface area contributed by atoms with Crippen LogP contribution in [0.25, 0.3) is 5.95 Å². The van der Waals surface area contributed by atoms with Crippen molar-refractivity contribution < 1.29 is 9.59 Å². The normalized spacial score (nSPS) is 14.3. The molecule has 0 aliphatic heterocycles. The van der Waals surface area contributed by atoms with Gasteiger partial charge in [0.15, 0.2) is 5.82 Å². The summed E-state index contributed by atoms with van der Waals surface area (Å²) in [7, 11) is 0. The quantitative estimate of drug-likeness (QED) is 0.644. The van der Waals surface area contributed by atoms with Crippen LogP contribution in [0.15, 0.2) is 43.0 Å². The number of hydrogen-bond acceptors (Lipinski definition) is 6. The fraction of sp³-hybridized carbons (Fsp3) is 0.263. The zero-order valence-electron chi connectivity index (χ0n) is 15.5. The lowest BCUT2D eigenvalue weighted by molar-refractivity contribution is -0.117. The SMILES string of the molecule is C[C@@H](NC(=O)c1cc(Cl)cc(NC(=O)C2CC2)c1)c1ncnn1-c1ncccn1. The molecule has 2 aromatic heterocycles. The lowest BCUT2D eigenvalue weighted by Crippen LogP contribution is -2.29. The fourth-order valence-electron chi connectivity index (χ4n) is 2.83. The van der Waals surface area contributed by atoms with Crippen LogP contribution in [0.4, 0.5) is 5.69 Å². The van der Waals surface area contributed by atoms with E-state index >= 15 is 0 Å². The van der Waals surface area contributed by atoms with Crippen molar-refractivity contribution in [1.29, 1.82) is 0 Å². The van der Waals surface area contributed by atoms with Gasteiger partial charge in [0.1, 0.15) is 6.33 Å². The van der Waals surface area contributed by atoms with Crippen LogP contribution in [0.1, 0.15) is 42.0 Å². The molecule has 1 aromatic carbocycles. The molecule has 2 N–H and O–H groups in total. The first-order valence-corrected chi connectivity index (χ1v) is 9.48. The van der Waals surface area contributed by atoms with Gasteiger partial charge in [-0.25, -0.2) is 15.0 Å². The summed E-state index contributed by atoms with van der Waals surface area (Å²) in [6.45, 7) is 1.78. The standard InChI is InChI=1S/C19H18ClN7O2/c1-11(16-23-10-24-27(16)19-21-5-2-6-22-19)25-18(29)13-7-14(20)9-15(8-13)26-17(28)12-3-4-12/h2,5-12H,3-4H2,1H3,(H,25,29)(H,26,28)/t11-/m1/s1. The van der Waals surface area contributed by atoms with Crippen molar-refractivity contribution in [2.75, 3.05) is 5.32 Å². The number of hydrogen-bond donors (Lipinski definition) is 2. The molecule has 148 valence electrons. The number of nitrogens with zero attached hydrogens (tertiary/aromatic N) is 5. The van der Waals surface area contributed by atoms with E-state index < -0.39 is 6.04 Å². The van der Waals surface area contributed by atoms with Crippen LogP contribution >= 0.6 is 11.6 Å². The van der Waals surface area contributed by atoms with Crippen LogP contribution in [0.3, 0.4) is 0 Å². The fourth-order valence-corrected chi connectivity index (χ4v) is 3.06. The lowest BCUT2D eigenvalue weighted by Gasteiger charge is -2.15. The Morgan fingerprint density at radius 3 is 2.66 bits per heavy atom. The highest BCUT2D eigenvalue weighted by Gasteiger charge is 2.29. The van der Waals surface area contributed by atoms with Gasteiger partial charge < -0.3 is 10.6 Å². The van der Waals surface area contributed by atoms with Crippen molar-refractivity contribution in [2.24, 2.45) is 5.92 Å². The van der Waals surface area contributed by atoms with Gasteiger partial charge in [0.25, 0.3) is 11.9 Å². The maximum atomic E-state index is 12.8. The van der Waals surface area contributed by atoms with Gasteiger partial charge in [-0.3, -0.25) is 9.59 Å². The number of amides is 2. The van der Waals surface area contributed by atoms with Gasteiger partial charge in [-0.1, -0.05) is 11.6 Å². The van der Waals surface area contributed by atoms with Crippen molar-refractivity contribution >= 4 is 29.1 Å². The topological polar surface area (TPSA) is 115 Å². The molecule has 2 amide bonds. The number of benzene rings is 1. The summed E-state index contributed by atoms with van der Waals surface area (Å²) in [6.07, 6.45) is 6.35. The molecule has 0 spiro atoms. The second kappa shape index (κ2) is 7.96. The largest absolute Gasteiger partial charge is 0.342 e. The molecular formula is C19H18ClN7O2. The van der Waals surface area contributed by atoms with Crippen LogP contribution in [0, 0.1) is 5.92 Å². The molecule has 29 heavy (non-hydrogen) atoms. The van der Waals surface area contributed by atoms with Gasteiger partial charge in [-0.2, -0.15) is 9.78 Å². The molecule has 0 bridgehead atoms. The van der Waals surface area contributed by atoms with Crippen molar-refractivity contribution in [3.05, 3.63) is 59.4 Å². The Morgan fingerprint density at radius 2 is 1.93 bits per heavy atom. The summed E-state index contributed by atoms with van der Waals surface area (Å²) >= 11 is 6.14. The summed E-state index contributed by atoms with van der Waals surface area (Å²) in [5.41, 5.74) is 0.825. The minimum Gasteiger partial charge on any atom is -0.342 e. The molecule has 0 saturated heterocycles. The van der Waals surface area contributed by atoms with Crippen molar-refractivity contribution in [3.63, 3.8) is 0 Å². The molecular weight excluding hydrogens is 394 g/mol. The van der Waals surface area contributed by atoms with E-state index in [0.717, 1.165) is 12.8 Å². The highest BCUT2D eigenvalue weighted by molar-refractivity contribution is 6.31. The van der Waals surface area contributed by atoms with E-state index in [4.69, 9.17) is 11.6 Å². The van der Waals surface area contributed by atoms with Crippen LogP contribution in [-0.2, 0) is 4.79 Å². The summed E-state index contributed by atoms with van der Waals surface area (Å²) in [4.78, 5) is 37.3. The molecule has 0 unspecified atom stereocenters. The molecule has 1 aliphatic rings. The highest BCUT2D eigenvalue weighted by atomic mass is 35.5. The van der Waals surface area contributed by atoms with Gasteiger partial charge >= 0.3 is 0 Å². The number of carbonyl (C=O) groups is 2. The molecule has 10 heteroatoms. The van der Waals surface area contributed by atoms with Crippen molar-refractivity contribution in [1.82, 2.24) is 30.0 Å². The van der Waals surface area contributed by atoms with Crippen LogP contribution in [0.5, 0.6) is 0 Å². The molecule has 3 aromatic rings. The van der Waals surface area contributed by atoms with E-state index in [9.17, 15) is 9.59 Å². The minimum atomic E-state index is -0.475. The predicted molar refractivity (Wildman–Crippen MR) is 106 cm³/mol. The zero-order chi connectivity index (χ0) is 20.4. The van der Waals surface area contributed by atoms with Gasteiger partial charge in [-0.15, -0.1) is 0 Å². The van der Waals surface area contributed by atoms with E-state index in [1.54, 1.807) is 43.6 Å². The summed E-state index contributed by atoms with van der Waals surface area (Å²) < 4.78 is 1.46. The molecule has 9 nitrogen and oxygen atoms in total. The molecule has 1 aliphatic carbocycles. The molecule has 2 heterocycles. The van der Waals surface area contributed by atoms with Crippen LogP contribution in [-0.4, -0.2) is 36.5 Å². The maximum absolute atomic E-state index is 12.8. The number of rotatable bonds is 6. The molecule has 1 fully saturated rings. The van der Waals surface area contributed by atoms with E-state index in [1.807, 2.05) is 0 Å². The summed E-state index contributed by atoms with van der Waals surface area (Å²) in [5.74, 6) is 0.481. The van der Waals surface area contributed by atoms with Gasteiger partial charge in [-0.05, 0) is 44.0 Å². The van der Waals surface area contributed by atoms with Gasteiger partial charge in [0, 0.05) is 34.6 Å². The summed E-state index contributed by atoms with van der Waals surface area (Å²) in [6, 6.07) is 5.98. The smallest absolute Gasteiger partial charge is 0.252 e. The van der Waals surface area contributed by atoms with Crippen LogP contribution in [0.2, 0.25) is 5.02 Å². The third-order valence-corrected chi connectivity index (χ3v) is 4.64. The Bertz CT molecular complexity index is 1050. The Kier molecular flexibility index (Phi) is 5.22. The number of carbonyl (C=O) groups excluding carboxylic acids is 2. The third-order valence-electron chi connectivity index (χ3n) is 4.43. The first-order valence-electron chi connectivity index (χ1n) is 9.11.